The number of nitrogens with two attached hydrogens (primary N) is 1. The van der Waals surface area contributed by atoms with E-state index in [4.69, 9.17) is 22.1 Å². The standard InChI is InChI=1S/C18H20ClNO3S/c1-2-23-12-18(20)16(13-6-4-3-5-7-13)17(18)24(21,22)15-10-8-14(19)9-11-15/h3-11,16-17H,2,12,20H2,1H3/t16-,17-,18-/m0/s1. The minimum atomic E-state index is -3.58. The molecule has 0 aromatic heterocycles. The van der Waals surface area contributed by atoms with Crippen molar-refractivity contribution in [3.8, 4) is 0 Å². The van der Waals surface area contributed by atoms with E-state index in [0.29, 0.717) is 11.6 Å². The fourth-order valence-corrected chi connectivity index (χ4v) is 5.68. The highest BCUT2D eigenvalue weighted by Crippen LogP contribution is 2.55. The summed E-state index contributed by atoms with van der Waals surface area (Å²) in [4.78, 5) is 0.238. The van der Waals surface area contributed by atoms with Crippen molar-refractivity contribution < 1.29 is 13.2 Å². The van der Waals surface area contributed by atoms with Crippen LogP contribution < -0.4 is 5.73 Å². The summed E-state index contributed by atoms with van der Waals surface area (Å²) < 4.78 is 31.7. The Morgan fingerprint density at radius 1 is 1.12 bits per heavy atom. The van der Waals surface area contributed by atoms with Crippen LogP contribution in [0.5, 0.6) is 0 Å². The van der Waals surface area contributed by atoms with Gasteiger partial charge >= 0.3 is 0 Å². The van der Waals surface area contributed by atoms with Crippen molar-refractivity contribution in [1.82, 2.24) is 0 Å². The van der Waals surface area contributed by atoms with Crippen LogP contribution in [0.15, 0.2) is 59.5 Å². The third-order valence-corrected chi connectivity index (χ3v) is 7.05. The second-order valence-corrected chi connectivity index (χ2v) is 8.56. The van der Waals surface area contributed by atoms with Gasteiger partial charge in [0, 0.05) is 17.5 Å². The van der Waals surface area contributed by atoms with E-state index in [1.807, 2.05) is 37.3 Å². The third kappa shape index (κ3) is 2.97. The molecule has 0 radical (unpaired) electrons. The topological polar surface area (TPSA) is 69.4 Å². The molecular weight excluding hydrogens is 346 g/mol. The normalized spacial score (nSPS) is 26.3. The average molecular weight is 366 g/mol. The first-order valence-corrected chi connectivity index (χ1v) is 9.74. The summed E-state index contributed by atoms with van der Waals surface area (Å²) in [5, 5.41) is -0.210. The van der Waals surface area contributed by atoms with Crippen molar-refractivity contribution in [1.29, 1.82) is 0 Å². The SMILES string of the molecule is CCOC[C@]1(N)[C@@H](c2ccccc2)[C@@H]1S(=O)(=O)c1ccc(Cl)cc1. The van der Waals surface area contributed by atoms with Crippen molar-refractivity contribution in [2.75, 3.05) is 13.2 Å². The largest absolute Gasteiger partial charge is 0.380 e. The molecule has 3 rings (SSSR count). The van der Waals surface area contributed by atoms with E-state index >= 15 is 0 Å². The molecule has 128 valence electrons. The molecule has 24 heavy (non-hydrogen) atoms. The first-order valence-electron chi connectivity index (χ1n) is 7.82. The van der Waals surface area contributed by atoms with E-state index in [2.05, 4.69) is 0 Å². The maximum Gasteiger partial charge on any atom is 0.183 e. The van der Waals surface area contributed by atoms with Gasteiger partial charge in [0.15, 0.2) is 9.84 Å². The summed E-state index contributed by atoms with van der Waals surface area (Å²) in [6, 6.07) is 15.7. The Labute approximate surface area is 147 Å². The number of benzene rings is 2. The zero-order valence-corrected chi connectivity index (χ0v) is 14.9. The predicted molar refractivity (Wildman–Crippen MR) is 95.0 cm³/mol. The molecule has 4 nitrogen and oxygen atoms in total. The van der Waals surface area contributed by atoms with Gasteiger partial charge in [-0.1, -0.05) is 41.9 Å². The monoisotopic (exact) mass is 365 g/mol. The van der Waals surface area contributed by atoms with Crippen LogP contribution in [0.4, 0.5) is 0 Å². The molecule has 0 heterocycles. The van der Waals surface area contributed by atoms with Crippen molar-refractivity contribution in [3.05, 3.63) is 65.2 Å². The Balaban J connectivity index is 1.99. The molecule has 6 heteroatoms. The maximum absolute atomic E-state index is 13.1. The Kier molecular flexibility index (Phi) is 4.71. The summed E-state index contributed by atoms with van der Waals surface area (Å²) in [5.41, 5.74) is 6.47. The Morgan fingerprint density at radius 2 is 1.75 bits per heavy atom. The lowest BCUT2D eigenvalue weighted by Gasteiger charge is -2.12. The molecule has 0 unspecified atom stereocenters. The van der Waals surface area contributed by atoms with Crippen LogP contribution in [-0.4, -0.2) is 32.4 Å². The zero-order valence-electron chi connectivity index (χ0n) is 13.4. The summed E-state index contributed by atoms with van der Waals surface area (Å²) in [6.45, 7) is 2.57. The smallest absolute Gasteiger partial charge is 0.183 e. The van der Waals surface area contributed by atoms with Gasteiger partial charge in [-0.2, -0.15) is 0 Å². The van der Waals surface area contributed by atoms with Crippen LogP contribution in [0, 0.1) is 0 Å². The summed E-state index contributed by atoms with van der Waals surface area (Å²) in [5.74, 6) is -0.286. The Hall–Kier alpha value is -1.40. The van der Waals surface area contributed by atoms with Crippen LogP contribution in [0.3, 0.4) is 0 Å². The van der Waals surface area contributed by atoms with E-state index < -0.39 is 20.6 Å². The molecule has 0 amide bonds. The zero-order chi connectivity index (χ0) is 17.4. The summed E-state index contributed by atoms with van der Waals surface area (Å²) >= 11 is 5.87. The van der Waals surface area contributed by atoms with Gasteiger partial charge in [-0.15, -0.1) is 0 Å². The lowest BCUT2D eigenvalue weighted by Crippen LogP contribution is -2.36. The molecule has 3 atom stereocenters. The first kappa shape index (κ1) is 17.4. The molecular formula is C18H20ClNO3S. The number of ether oxygens (including phenoxy) is 1. The van der Waals surface area contributed by atoms with Crippen LogP contribution in [0.25, 0.3) is 0 Å². The minimum absolute atomic E-state index is 0.209. The molecule has 1 fully saturated rings. The van der Waals surface area contributed by atoms with Crippen LogP contribution in [-0.2, 0) is 14.6 Å². The Morgan fingerprint density at radius 3 is 2.33 bits per heavy atom. The molecule has 2 aromatic carbocycles. The molecule has 2 aromatic rings. The highest BCUT2D eigenvalue weighted by molar-refractivity contribution is 7.92. The van der Waals surface area contributed by atoms with Gasteiger partial charge in [-0.3, -0.25) is 0 Å². The Bertz CT molecular complexity index is 808. The number of halogens is 1. The third-order valence-electron chi connectivity index (χ3n) is 4.49. The number of hydrogen-bond donors (Lipinski definition) is 1. The highest BCUT2D eigenvalue weighted by atomic mass is 35.5. The molecule has 1 saturated carbocycles. The molecule has 1 aliphatic rings. The van der Waals surface area contributed by atoms with Crippen molar-refractivity contribution in [2.24, 2.45) is 5.73 Å². The predicted octanol–water partition coefficient (Wildman–Crippen LogP) is 3.01. The van der Waals surface area contributed by atoms with Crippen LogP contribution in [0.1, 0.15) is 18.4 Å². The van der Waals surface area contributed by atoms with Crippen LogP contribution in [0.2, 0.25) is 5.02 Å². The second kappa shape index (κ2) is 6.48. The van der Waals surface area contributed by atoms with E-state index in [1.165, 1.54) is 12.1 Å². The van der Waals surface area contributed by atoms with Crippen molar-refractivity contribution in [3.63, 3.8) is 0 Å². The fourth-order valence-electron chi connectivity index (χ4n) is 3.26. The molecule has 2 N–H and O–H groups in total. The van der Waals surface area contributed by atoms with Gasteiger partial charge in [0.1, 0.15) is 0 Å². The minimum Gasteiger partial charge on any atom is -0.380 e. The summed E-state index contributed by atoms with van der Waals surface area (Å²) in [6.07, 6.45) is 0. The van der Waals surface area contributed by atoms with E-state index in [9.17, 15) is 8.42 Å². The molecule has 0 bridgehead atoms. The number of sulfone groups is 1. The van der Waals surface area contributed by atoms with E-state index in [1.54, 1.807) is 12.1 Å². The van der Waals surface area contributed by atoms with Gasteiger partial charge < -0.3 is 10.5 Å². The van der Waals surface area contributed by atoms with Crippen molar-refractivity contribution >= 4 is 21.4 Å². The average Bonchev–Trinajstić information content (AvgIpc) is 3.21. The fraction of sp³-hybridized carbons (Fsp3) is 0.333. The lowest BCUT2D eigenvalue weighted by atomic mass is 10.1. The van der Waals surface area contributed by atoms with Crippen LogP contribution >= 0.6 is 11.6 Å². The van der Waals surface area contributed by atoms with E-state index in [-0.39, 0.29) is 17.4 Å². The number of rotatable bonds is 6. The van der Waals surface area contributed by atoms with E-state index in [0.717, 1.165) is 5.56 Å². The first-order chi connectivity index (χ1) is 11.4. The van der Waals surface area contributed by atoms with Crippen molar-refractivity contribution in [2.45, 2.75) is 28.5 Å². The quantitative estimate of drug-likeness (QED) is 0.854. The highest BCUT2D eigenvalue weighted by Gasteiger charge is 2.69. The maximum atomic E-state index is 13.1. The van der Waals surface area contributed by atoms with Gasteiger partial charge in [-0.05, 0) is 36.8 Å². The van der Waals surface area contributed by atoms with Gasteiger partial charge in [0.25, 0.3) is 0 Å². The molecule has 0 aliphatic heterocycles. The van der Waals surface area contributed by atoms with Gasteiger partial charge in [-0.25, -0.2) is 8.42 Å². The summed E-state index contributed by atoms with van der Waals surface area (Å²) in [7, 11) is -3.58. The lowest BCUT2D eigenvalue weighted by molar-refractivity contribution is 0.125. The molecule has 1 aliphatic carbocycles. The molecule has 0 saturated heterocycles. The van der Waals surface area contributed by atoms with Gasteiger partial charge in [0.05, 0.1) is 22.3 Å². The second-order valence-electron chi connectivity index (χ2n) is 6.06. The van der Waals surface area contributed by atoms with Gasteiger partial charge in [0.2, 0.25) is 0 Å². The number of hydrogen-bond acceptors (Lipinski definition) is 4. The molecule has 0 spiro atoms.